The lowest BCUT2D eigenvalue weighted by Crippen LogP contribution is -2.38. The van der Waals surface area contributed by atoms with Crippen LogP contribution in [0.1, 0.15) is 18.3 Å². The first-order valence-electron chi connectivity index (χ1n) is 7.38. The third-order valence-electron chi connectivity index (χ3n) is 3.54. The molecule has 1 aromatic carbocycles. The van der Waals surface area contributed by atoms with E-state index in [0.29, 0.717) is 17.5 Å². The van der Waals surface area contributed by atoms with E-state index in [1.165, 1.54) is 6.92 Å². The zero-order valence-corrected chi connectivity index (χ0v) is 14.7. The standard InChI is InChI=1S/C15H18F2N4O3S/c1-9-15(10(2)20-19-9)25(23,24)18-6-7-21(11(3)22)14-5-4-12(16)8-13(14)17/h4-5,8,18H,6-7H2,1-3H3,(H,19,20). The minimum Gasteiger partial charge on any atom is -0.309 e. The highest BCUT2D eigenvalue weighted by molar-refractivity contribution is 7.89. The van der Waals surface area contributed by atoms with Gasteiger partial charge < -0.3 is 4.90 Å². The van der Waals surface area contributed by atoms with Crippen molar-refractivity contribution >= 4 is 21.6 Å². The van der Waals surface area contributed by atoms with Gasteiger partial charge in [0.15, 0.2) is 0 Å². The summed E-state index contributed by atoms with van der Waals surface area (Å²) in [7, 11) is -3.83. The molecule has 0 unspecified atom stereocenters. The van der Waals surface area contributed by atoms with E-state index in [0.717, 1.165) is 17.0 Å². The summed E-state index contributed by atoms with van der Waals surface area (Å²) in [5.74, 6) is -2.17. The summed E-state index contributed by atoms with van der Waals surface area (Å²) in [4.78, 5) is 12.8. The van der Waals surface area contributed by atoms with Gasteiger partial charge in [0.25, 0.3) is 0 Å². The largest absolute Gasteiger partial charge is 0.309 e. The fourth-order valence-electron chi connectivity index (χ4n) is 2.45. The van der Waals surface area contributed by atoms with Crippen LogP contribution in [0.15, 0.2) is 23.1 Å². The number of carbonyl (C=O) groups is 1. The summed E-state index contributed by atoms with van der Waals surface area (Å²) in [5, 5.41) is 6.41. The van der Waals surface area contributed by atoms with Gasteiger partial charge in [0.1, 0.15) is 16.5 Å². The average Bonchev–Trinajstić information content (AvgIpc) is 2.84. The number of benzene rings is 1. The number of nitrogens with one attached hydrogen (secondary N) is 2. The lowest BCUT2D eigenvalue weighted by molar-refractivity contribution is -0.116. The highest BCUT2D eigenvalue weighted by atomic mass is 32.2. The molecule has 0 aliphatic rings. The summed E-state index contributed by atoms with van der Waals surface area (Å²) < 4.78 is 53.9. The summed E-state index contributed by atoms with van der Waals surface area (Å²) in [6, 6.07) is 2.81. The Bertz CT molecular complexity index is 877. The molecule has 0 spiro atoms. The number of aryl methyl sites for hydroxylation is 2. The number of rotatable bonds is 6. The number of nitrogens with zero attached hydrogens (tertiary/aromatic N) is 2. The van der Waals surface area contributed by atoms with Crippen LogP contribution in [0.3, 0.4) is 0 Å². The highest BCUT2D eigenvalue weighted by Gasteiger charge is 2.23. The minimum atomic E-state index is -3.83. The van der Waals surface area contributed by atoms with Gasteiger partial charge in [-0.25, -0.2) is 21.9 Å². The van der Waals surface area contributed by atoms with Crippen LogP contribution in [-0.4, -0.2) is 37.6 Å². The van der Waals surface area contributed by atoms with Crippen LogP contribution >= 0.6 is 0 Å². The van der Waals surface area contributed by atoms with Crippen LogP contribution in [0.25, 0.3) is 0 Å². The Kier molecular flexibility index (Phi) is 5.53. The van der Waals surface area contributed by atoms with E-state index in [2.05, 4.69) is 14.9 Å². The predicted molar refractivity (Wildman–Crippen MR) is 87.6 cm³/mol. The molecular formula is C15H18F2N4O3S. The number of amides is 1. The molecule has 7 nitrogen and oxygen atoms in total. The molecule has 2 rings (SSSR count). The topological polar surface area (TPSA) is 95.2 Å². The number of halogens is 2. The van der Waals surface area contributed by atoms with Gasteiger partial charge in [-0.2, -0.15) is 5.10 Å². The van der Waals surface area contributed by atoms with E-state index < -0.39 is 27.6 Å². The summed E-state index contributed by atoms with van der Waals surface area (Å²) in [6.07, 6.45) is 0. The zero-order chi connectivity index (χ0) is 18.8. The molecule has 2 aromatic rings. The lowest BCUT2D eigenvalue weighted by Gasteiger charge is -2.22. The molecule has 1 aromatic heterocycles. The molecule has 1 heterocycles. The molecule has 0 atom stereocenters. The molecule has 10 heteroatoms. The number of hydrogen-bond donors (Lipinski definition) is 2. The fourth-order valence-corrected chi connectivity index (χ4v) is 3.84. The van der Waals surface area contributed by atoms with Crippen molar-refractivity contribution in [2.45, 2.75) is 25.7 Å². The van der Waals surface area contributed by atoms with Crippen molar-refractivity contribution in [2.24, 2.45) is 0 Å². The smallest absolute Gasteiger partial charge is 0.244 e. The Labute approximate surface area is 144 Å². The number of H-pyrrole nitrogens is 1. The molecule has 0 radical (unpaired) electrons. The van der Waals surface area contributed by atoms with E-state index in [4.69, 9.17) is 0 Å². The predicted octanol–water partition coefficient (Wildman–Crippen LogP) is 1.64. The molecule has 1 amide bonds. The number of carbonyl (C=O) groups excluding carboxylic acids is 1. The maximum absolute atomic E-state index is 13.9. The van der Waals surface area contributed by atoms with Gasteiger partial charge in [-0.1, -0.05) is 0 Å². The van der Waals surface area contributed by atoms with E-state index in [-0.39, 0.29) is 23.7 Å². The quantitative estimate of drug-likeness (QED) is 0.806. The lowest BCUT2D eigenvalue weighted by atomic mass is 10.2. The molecule has 0 saturated carbocycles. The van der Waals surface area contributed by atoms with Crippen molar-refractivity contribution in [1.29, 1.82) is 0 Å². The Balaban J connectivity index is 2.14. The first kappa shape index (κ1) is 19.0. The number of aromatic amines is 1. The molecule has 0 aliphatic carbocycles. The zero-order valence-electron chi connectivity index (χ0n) is 13.9. The molecule has 0 aliphatic heterocycles. The second kappa shape index (κ2) is 7.28. The minimum absolute atomic E-state index is 0.0369. The van der Waals surface area contributed by atoms with Crippen molar-refractivity contribution in [3.63, 3.8) is 0 Å². The first-order chi connectivity index (χ1) is 11.6. The average molecular weight is 372 g/mol. The molecule has 136 valence electrons. The number of aromatic nitrogens is 2. The maximum atomic E-state index is 13.9. The van der Waals surface area contributed by atoms with Gasteiger partial charge in [-0.15, -0.1) is 0 Å². The van der Waals surface area contributed by atoms with Crippen LogP contribution in [0.5, 0.6) is 0 Å². The summed E-state index contributed by atoms with van der Waals surface area (Å²) in [5.41, 5.74) is 0.583. The molecule has 25 heavy (non-hydrogen) atoms. The Morgan fingerprint density at radius 3 is 2.52 bits per heavy atom. The van der Waals surface area contributed by atoms with Gasteiger partial charge in [0.2, 0.25) is 15.9 Å². The van der Waals surface area contributed by atoms with Gasteiger partial charge in [-0.05, 0) is 26.0 Å². The van der Waals surface area contributed by atoms with Gasteiger partial charge >= 0.3 is 0 Å². The number of sulfonamides is 1. The second-order valence-corrected chi connectivity index (χ2v) is 7.13. The first-order valence-corrected chi connectivity index (χ1v) is 8.86. The van der Waals surface area contributed by atoms with Crippen molar-refractivity contribution in [3.8, 4) is 0 Å². The van der Waals surface area contributed by atoms with E-state index in [1.54, 1.807) is 13.8 Å². The van der Waals surface area contributed by atoms with Crippen molar-refractivity contribution < 1.29 is 22.0 Å². The van der Waals surface area contributed by atoms with E-state index in [1.807, 2.05) is 0 Å². The highest BCUT2D eigenvalue weighted by Crippen LogP contribution is 2.20. The Morgan fingerprint density at radius 2 is 2.00 bits per heavy atom. The molecule has 0 bridgehead atoms. The Morgan fingerprint density at radius 1 is 1.32 bits per heavy atom. The second-order valence-electron chi connectivity index (χ2n) is 5.43. The van der Waals surface area contributed by atoms with Crippen LogP contribution in [-0.2, 0) is 14.8 Å². The molecule has 2 N–H and O–H groups in total. The third-order valence-corrected chi connectivity index (χ3v) is 5.26. The van der Waals surface area contributed by atoms with Crippen molar-refractivity contribution in [3.05, 3.63) is 41.2 Å². The fraction of sp³-hybridized carbons (Fsp3) is 0.333. The van der Waals surface area contributed by atoms with Crippen LogP contribution in [0, 0.1) is 25.5 Å². The van der Waals surface area contributed by atoms with Crippen molar-refractivity contribution in [1.82, 2.24) is 14.9 Å². The molecular weight excluding hydrogens is 354 g/mol. The number of hydrogen-bond acceptors (Lipinski definition) is 4. The summed E-state index contributed by atoms with van der Waals surface area (Å²) in [6.45, 7) is 4.07. The van der Waals surface area contributed by atoms with Gasteiger partial charge in [-0.3, -0.25) is 9.89 Å². The summed E-state index contributed by atoms with van der Waals surface area (Å²) >= 11 is 0. The molecule has 0 fully saturated rings. The van der Waals surface area contributed by atoms with E-state index in [9.17, 15) is 22.0 Å². The maximum Gasteiger partial charge on any atom is 0.244 e. The monoisotopic (exact) mass is 372 g/mol. The molecule has 0 saturated heterocycles. The van der Waals surface area contributed by atoms with Gasteiger partial charge in [0.05, 0.1) is 17.1 Å². The van der Waals surface area contributed by atoms with Crippen LogP contribution < -0.4 is 9.62 Å². The van der Waals surface area contributed by atoms with Crippen molar-refractivity contribution in [2.75, 3.05) is 18.0 Å². The normalized spacial score (nSPS) is 11.6. The SMILES string of the molecule is CC(=O)N(CCNS(=O)(=O)c1c(C)n[nH]c1C)c1ccc(F)cc1F. The third kappa shape index (κ3) is 4.20. The van der Waals surface area contributed by atoms with E-state index >= 15 is 0 Å². The van der Waals surface area contributed by atoms with Crippen LogP contribution in [0.4, 0.5) is 14.5 Å². The number of anilines is 1. The Hall–Kier alpha value is -2.33. The van der Waals surface area contributed by atoms with Gasteiger partial charge in [0, 0.05) is 26.1 Å². The van der Waals surface area contributed by atoms with Crippen LogP contribution in [0.2, 0.25) is 0 Å².